The Bertz CT molecular complexity index is 553. The minimum Gasteiger partial charge on any atom is -0.353 e. The third kappa shape index (κ3) is 2.53. The fourth-order valence-electron chi connectivity index (χ4n) is 3.04. The summed E-state index contributed by atoms with van der Waals surface area (Å²) in [5.74, 6) is -1.30. The van der Waals surface area contributed by atoms with Crippen molar-refractivity contribution in [2.24, 2.45) is 0 Å². The SMILES string of the molecule is O=C1CC(C(=O)NC2CCCC2)c2ccc(F)cc2N1. The number of benzene rings is 1. The van der Waals surface area contributed by atoms with Crippen molar-refractivity contribution in [1.29, 1.82) is 0 Å². The number of carbonyl (C=O) groups excluding carboxylic acids is 2. The summed E-state index contributed by atoms with van der Waals surface area (Å²) in [7, 11) is 0. The normalized spacial score (nSPS) is 22.2. The molecule has 2 amide bonds. The second-order valence-corrected chi connectivity index (χ2v) is 5.53. The summed E-state index contributed by atoms with van der Waals surface area (Å²) in [6.07, 6.45) is 4.40. The largest absolute Gasteiger partial charge is 0.353 e. The lowest BCUT2D eigenvalue weighted by Crippen LogP contribution is -2.39. The number of hydrogen-bond acceptors (Lipinski definition) is 2. The minimum atomic E-state index is -0.514. The Balaban J connectivity index is 1.82. The van der Waals surface area contributed by atoms with Crippen LogP contribution >= 0.6 is 0 Å². The molecule has 0 bridgehead atoms. The summed E-state index contributed by atoms with van der Waals surface area (Å²) in [5.41, 5.74) is 1.11. The van der Waals surface area contributed by atoms with Gasteiger partial charge in [-0.25, -0.2) is 4.39 Å². The Morgan fingerprint density at radius 2 is 2.05 bits per heavy atom. The van der Waals surface area contributed by atoms with Gasteiger partial charge in [-0.1, -0.05) is 18.9 Å². The predicted octanol–water partition coefficient (Wildman–Crippen LogP) is 2.31. The standard InChI is InChI=1S/C15H17FN2O2/c16-9-5-6-11-12(8-14(19)18-13(11)7-9)15(20)17-10-3-1-2-4-10/h5-7,10,12H,1-4,8H2,(H,17,20)(H,18,19). The van der Waals surface area contributed by atoms with Crippen LogP contribution in [0, 0.1) is 5.82 Å². The van der Waals surface area contributed by atoms with Gasteiger partial charge in [0.15, 0.2) is 0 Å². The number of amides is 2. The molecule has 1 aliphatic heterocycles. The molecule has 106 valence electrons. The maximum atomic E-state index is 13.2. The Kier molecular flexibility index (Phi) is 3.42. The molecule has 1 unspecified atom stereocenters. The van der Waals surface area contributed by atoms with E-state index in [1.54, 1.807) is 6.07 Å². The average Bonchev–Trinajstić information content (AvgIpc) is 2.90. The van der Waals surface area contributed by atoms with Crippen LogP contribution in [0.15, 0.2) is 18.2 Å². The topological polar surface area (TPSA) is 58.2 Å². The zero-order chi connectivity index (χ0) is 14.1. The monoisotopic (exact) mass is 276 g/mol. The highest BCUT2D eigenvalue weighted by Crippen LogP contribution is 2.33. The number of hydrogen-bond donors (Lipinski definition) is 2. The first-order chi connectivity index (χ1) is 9.63. The van der Waals surface area contributed by atoms with Gasteiger partial charge in [-0.05, 0) is 30.5 Å². The van der Waals surface area contributed by atoms with Crippen LogP contribution < -0.4 is 10.6 Å². The number of anilines is 1. The Morgan fingerprint density at radius 1 is 1.30 bits per heavy atom. The van der Waals surface area contributed by atoms with Gasteiger partial charge >= 0.3 is 0 Å². The van der Waals surface area contributed by atoms with E-state index in [9.17, 15) is 14.0 Å². The smallest absolute Gasteiger partial charge is 0.228 e. The van der Waals surface area contributed by atoms with Gasteiger partial charge < -0.3 is 10.6 Å². The molecule has 1 heterocycles. The van der Waals surface area contributed by atoms with Crippen LogP contribution in [0.25, 0.3) is 0 Å². The number of carbonyl (C=O) groups is 2. The molecule has 1 fully saturated rings. The third-order valence-corrected chi connectivity index (χ3v) is 4.07. The summed E-state index contributed by atoms with van der Waals surface area (Å²) in [4.78, 5) is 24.0. The number of halogens is 1. The van der Waals surface area contributed by atoms with E-state index < -0.39 is 11.7 Å². The molecule has 1 saturated carbocycles. The molecule has 0 radical (unpaired) electrons. The van der Waals surface area contributed by atoms with Crippen LogP contribution in [0.2, 0.25) is 0 Å². The predicted molar refractivity (Wildman–Crippen MR) is 72.8 cm³/mol. The van der Waals surface area contributed by atoms with Crippen molar-refractivity contribution in [3.8, 4) is 0 Å². The highest BCUT2D eigenvalue weighted by atomic mass is 19.1. The van der Waals surface area contributed by atoms with E-state index in [-0.39, 0.29) is 24.3 Å². The van der Waals surface area contributed by atoms with E-state index in [1.807, 2.05) is 0 Å². The van der Waals surface area contributed by atoms with Crippen molar-refractivity contribution in [3.63, 3.8) is 0 Å². The van der Waals surface area contributed by atoms with Crippen LogP contribution in [0.5, 0.6) is 0 Å². The van der Waals surface area contributed by atoms with Gasteiger partial charge in [0, 0.05) is 18.2 Å². The molecular formula is C15H17FN2O2. The number of nitrogens with one attached hydrogen (secondary N) is 2. The first-order valence-corrected chi connectivity index (χ1v) is 7.03. The van der Waals surface area contributed by atoms with Crippen molar-refractivity contribution in [3.05, 3.63) is 29.6 Å². The fourth-order valence-corrected chi connectivity index (χ4v) is 3.04. The highest BCUT2D eigenvalue weighted by molar-refractivity contribution is 6.01. The van der Waals surface area contributed by atoms with Gasteiger partial charge in [0.2, 0.25) is 11.8 Å². The molecule has 20 heavy (non-hydrogen) atoms. The lowest BCUT2D eigenvalue weighted by Gasteiger charge is -2.26. The van der Waals surface area contributed by atoms with Gasteiger partial charge in [0.05, 0.1) is 5.92 Å². The van der Waals surface area contributed by atoms with Crippen molar-refractivity contribution in [2.45, 2.75) is 44.1 Å². The maximum absolute atomic E-state index is 13.2. The molecule has 0 saturated heterocycles. The van der Waals surface area contributed by atoms with Crippen molar-refractivity contribution in [1.82, 2.24) is 5.32 Å². The van der Waals surface area contributed by atoms with E-state index in [4.69, 9.17) is 0 Å². The lowest BCUT2D eigenvalue weighted by atomic mass is 9.89. The lowest BCUT2D eigenvalue weighted by molar-refractivity contribution is -0.126. The molecule has 1 aromatic carbocycles. The second-order valence-electron chi connectivity index (χ2n) is 5.53. The fraction of sp³-hybridized carbons (Fsp3) is 0.467. The summed E-state index contributed by atoms with van der Waals surface area (Å²) in [6.45, 7) is 0. The summed E-state index contributed by atoms with van der Waals surface area (Å²) < 4.78 is 13.2. The van der Waals surface area contributed by atoms with E-state index in [0.29, 0.717) is 11.3 Å². The molecule has 0 spiro atoms. The first kappa shape index (κ1) is 13.1. The molecule has 3 rings (SSSR count). The van der Waals surface area contributed by atoms with E-state index in [2.05, 4.69) is 10.6 Å². The molecule has 4 nitrogen and oxygen atoms in total. The van der Waals surface area contributed by atoms with Gasteiger partial charge in [-0.15, -0.1) is 0 Å². The summed E-state index contributed by atoms with van der Waals surface area (Å²) >= 11 is 0. The van der Waals surface area contributed by atoms with Gasteiger partial charge in [-0.2, -0.15) is 0 Å². The molecule has 1 atom stereocenters. The average molecular weight is 276 g/mol. The van der Waals surface area contributed by atoms with Gasteiger partial charge in [-0.3, -0.25) is 9.59 Å². The highest BCUT2D eigenvalue weighted by Gasteiger charge is 2.32. The number of fused-ring (bicyclic) bond motifs is 1. The van der Waals surface area contributed by atoms with Crippen LogP contribution in [-0.4, -0.2) is 17.9 Å². The van der Waals surface area contributed by atoms with Crippen molar-refractivity contribution >= 4 is 17.5 Å². The van der Waals surface area contributed by atoms with Gasteiger partial charge in [0.1, 0.15) is 5.82 Å². The minimum absolute atomic E-state index is 0.122. The van der Waals surface area contributed by atoms with E-state index in [0.717, 1.165) is 25.7 Å². The molecule has 1 aromatic rings. The third-order valence-electron chi connectivity index (χ3n) is 4.07. The quantitative estimate of drug-likeness (QED) is 0.871. The van der Waals surface area contributed by atoms with Crippen molar-refractivity contribution < 1.29 is 14.0 Å². The molecule has 2 N–H and O–H groups in total. The van der Waals surface area contributed by atoms with Crippen LogP contribution in [-0.2, 0) is 9.59 Å². The molecule has 1 aliphatic carbocycles. The van der Waals surface area contributed by atoms with Crippen LogP contribution in [0.3, 0.4) is 0 Å². The first-order valence-electron chi connectivity index (χ1n) is 7.03. The Labute approximate surface area is 116 Å². The molecule has 0 aromatic heterocycles. The summed E-state index contributed by atoms with van der Waals surface area (Å²) in [6, 6.07) is 4.40. The van der Waals surface area contributed by atoms with Crippen LogP contribution in [0.4, 0.5) is 10.1 Å². The molecule has 5 heteroatoms. The number of rotatable bonds is 2. The zero-order valence-corrected chi connectivity index (χ0v) is 11.1. The summed E-state index contributed by atoms with van der Waals surface area (Å²) in [5, 5.41) is 5.63. The van der Waals surface area contributed by atoms with Crippen LogP contribution in [0.1, 0.15) is 43.6 Å². The Hall–Kier alpha value is -1.91. The van der Waals surface area contributed by atoms with E-state index >= 15 is 0 Å². The molecule has 2 aliphatic rings. The zero-order valence-electron chi connectivity index (χ0n) is 11.1. The van der Waals surface area contributed by atoms with E-state index in [1.165, 1.54) is 12.1 Å². The van der Waals surface area contributed by atoms with Gasteiger partial charge in [0.25, 0.3) is 0 Å². The van der Waals surface area contributed by atoms with Crippen molar-refractivity contribution in [2.75, 3.05) is 5.32 Å². The maximum Gasteiger partial charge on any atom is 0.228 e. The Morgan fingerprint density at radius 3 is 2.80 bits per heavy atom. The second kappa shape index (κ2) is 5.23. The molecular weight excluding hydrogens is 259 g/mol.